The summed E-state index contributed by atoms with van der Waals surface area (Å²) in [6.07, 6.45) is 10.5. The van der Waals surface area contributed by atoms with E-state index >= 15 is 0 Å². The van der Waals surface area contributed by atoms with Gasteiger partial charge in [0.25, 0.3) is 0 Å². The Hall–Kier alpha value is -0.330. The Morgan fingerprint density at radius 3 is 2.92 bits per heavy atom. The maximum Gasteiger partial charge on any atom is 0.120 e. The van der Waals surface area contributed by atoms with Crippen LogP contribution in [0.15, 0.2) is 0 Å². The van der Waals surface area contributed by atoms with Crippen molar-refractivity contribution in [3.63, 3.8) is 0 Å². The third-order valence-electron chi connectivity index (χ3n) is 4.92. The highest BCUT2D eigenvalue weighted by Gasteiger charge is 2.51. The number of rotatable bonds is 2. The number of hydrogen-bond donors (Lipinski definition) is 0. The second kappa shape index (κ2) is 2.59. The summed E-state index contributed by atoms with van der Waals surface area (Å²) in [5.41, 5.74) is 0.475. The minimum absolute atomic E-state index is 0.475. The number of carbonyl (C=O) groups is 1. The van der Waals surface area contributed by atoms with Crippen LogP contribution < -0.4 is 0 Å². The molecule has 4 unspecified atom stereocenters. The van der Waals surface area contributed by atoms with Crippen molar-refractivity contribution in [3.8, 4) is 0 Å². The van der Waals surface area contributed by atoms with Gasteiger partial charge in [-0.2, -0.15) is 0 Å². The Kier molecular flexibility index (Phi) is 1.59. The molecule has 3 fully saturated rings. The van der Waals surface area contributed by atoms with Crippen LogP contribution >= 0.6 is 0 Å². The lowest BCUT2D eigenvalue weighted by Gasteiger charge is -2.44. The zero-order valence-corrected chi connectivity index (χ0v) is 8.17. The maximum absolute atomic E-state index is 10.7. The average Bonchev–Trinajstić information content (AvgIpc) is 2.30. The van der Waals surface area contributed by atoms with Crippen LogP contribution in [0, 0.1) is 23.2 Å². The Bertz CT molecular complexity index is 231. The van der Waals surface area contributed by atoms with Crippen molar-refractivity contribution < 1.29 is 4.79 Å². The Morgan fingerprint density at radius 2 is 2.08 bits per heavy atom. The van der Waals surface area contributed by atoms with Gasteiger partial charge in [0, 0.05) is 6.42 Å². The van der Waals surface area contributed by atoms with Gasteiger partial charge in [-0.05, 0) is 61.7 Å². The van der Waals surface area contributed by atoms with Crippen LogP contribution in [0.1, 0.15) is 44.9 Å². The monoisotopic (exact) mass is 178 g/mol. The van der Waals surface area contributed by atoms with Crippen LogP contribution in [0.4, 0.5) is 0 Å². The minimum Gasteiger partial charge on any atom is -0.303 e. The molecule has 0 radical (unpaired) electrons. The quantitative estimate of drug-likeness (QED) is 0.594. The molecule has 13 heavy (non-hydrogen) atoms. The lowest BCUT2D eigenvalue weighted by Crippen LogP contribution is -2.34. The van der Waals surface area contributed by atoms with Crippen LogP contribution in [0.3, 0.4) is 0 Å². The van der Waals surface area contributed by atoms with Crippen LogP contribution in [0.2, 0.25) is 0 Å². The molecule has 0 aromatic heterocycles. The van der Waals surface area contributed by atoms with Gasteiger partial charge >= 0.3 is 0 Å². The standard InChI is InChI=1S/C12H18O/c13-4-3-12-2-1-10-5-9(7-12)6-11(10)8-12/h4,9-11H,1-3,5-8H2. The number of fused-ring (bicyclic) bond motifs is 2. The Labute approximate surface area is 79.9 Å². The first-order chi connectivity index (χ1) is 6.31. The van der Waals surface area contributed by atoms with Gasteiger partial charge < -0.3 is 4.79 Å². The molecule has 3 bridgehead atoms. The van der Waals surface area contributed by atoms with Crippen molar-refractivity contribution in [1.82, 2.24) is 0 Å². The van der Waals surface area contributed by atoms with Crippen LogP contribution in [0.5, 0.6) is 0 Å². The third kappa shape index (κ3) is 1.09. The van der Waals surface area contributed by atoms with Crippen molar-refractivity contribution in [3.05, 3.63) is 0 Å². The summed E-state index contributed by atoms with van der Waals surface area (Å²) in [7, 11) is 0. The van der Waals surface area contributed by atoms with Gasteiger partial charge in [0.15, 0.2) is 0 Å². The first-order valence-electron chi connectivity index (χ1n) is 5.75. The molecule has 3 rings (SSSR count). The Balaban J connectivity index is 1.88. The van der Waals surface area contributed by atoms with Crippen LogP contribution in [0.25, 0.3) is 0 Å². The SMILES string of the molecule is O=CCC12CCC3CC(CC3C1)C2. The first-order valence-corrected chi connectivity index (χ1v) is 5.75. The van der Waals surface area contributed by atoms with E-state index in [0.29, 0.717) is 5.41 Å². The Morgan fingerprint density at radius 1 is 1.23 bits per heavy atom. The summed E-state index contributed by atoms with van der Waals surface area (Å²) in [5, 5.41) is 0. The smallest absolute Gasteiger partial charge is 0.120 e. The highest BCUT2D eigenvalue weighted by molar-refractivity contribution is 5.51. The number of aldehydes is 1. The topological polar surface area (TPSA) is 17.1 Å². The van der Waals surface area contributed by atoms with Gasteiger partial charge in [-0.25, -0.2) is 0 Å². The van der Waals surface area contributed by atoms with E-state index in [1.165, 1.54) is 44.8 Å². The van der Waals surface area contributed by atoms with E-state index in [-0.39, 0.29) is 0 Å². The second-order valence-electron chi connectivity index (χ2n) is 5.68. The number of carbonyl (C=O) groups excluding carboxylic acids is 1. The molecule has 3 aliphatic rings. The molecule has 3 saturated carbocycles. The fourth-order valence-corrected chi connectivity index (χ4v) is 4.50. The zero-order valence-electron chi connectivity index (χ0n) is 8.17. The molecule has 72 valence electrons. The summed E-state index contributed by atoms with van der Waals surface area (Å²) in [6.45, 7) is 0. The second-order valence-corrected chi connectivity index (χ2v) is 5.68. The van der Waals surface area contributed by atoms with E-state index in [1.54, 1.807) is 0 Å². The molecule has 0 aromatic rings. The lowest BCUT2D eigenvalue weighted by molar-refractivity contribution is -0.111. The highest BCUT2D eigenvalue weighted by Crippen LogP contribution is 2.61. The molecule has 3 aliphatic carbocycles. The van der Waals surface area contributed by atoms with E-state index in [0.717, 1.165) is 24.2 Å². The van der Waals surface area contributed by atoms with Gasteiger partial charge in [0.2, 0.25) is 0 Å². The molecule has 0 amide bonds. The lowest BCUT2D eigenvalue weighted by atomic mass is 9.61. The molecule has 4 atom stereocenters. The maximum atomic E-state index is 10.7. The van der Waals surface area contributed by atoms with E-state index in [4.69, 9.17) is 0 Å². The predicted molar refractivity (Wildman–Crippen MR) is 51.3 cm³/mol. The minimum atomic E-state index is 0.475. The normalized spacial score (nSPS) is 52.5. The van der Waals surface area contributed by atoms with Gasteiger partial charge in [-0.15, -0.1) is 0 Å². The summed E-state index contributed by atoms with van der Waals surface area (Å²) in [6, 6.07) is 0. The van der Waals surface area contributed by atoms with Crippen molar-refractivity contribution >= 4 is 6.29 Å². The fraction of sp³-hybridized carbons (Fsp3) is 0.917. The van der Waals surface area contributed by atoms with E-state index < -0.39 is 0 Å². The van der Waals surface area contributed by atoms with Gasteiger partial charge in [0.1, 0.15) is 6.29 Å². The van der Waals surface area contributed by atoms with E-state index in [1.807, 2.05) is 0 Å². The van der Waals surface area contributed by atoms with Crippen LogP contribution in [-0.2, 0) is 4.79 Å². The molecule has 0 aliphatic heterocycles. The van der Waals surface area contributed by atoms with E-state index in [9.17, 15) is 4.79 Å². The van der Waals surface area contributed by atoms with Crippen molar-refractivity contribution in [2.75, 3.05) is 0 Å². The molecular weight excluding hydrogens is 160 g/mol. The molecule has 1 heteroatoms. The zero-order chi connectivity index (χ0) is 8.89. The molecule has 1 nitrogen and oxygen atoms in total. The highest BCUT2D eigenvalue weighted by atomic mass is 16.1. The predicted octanol–water partition coefficient (Wildman–Crippen LogP) is 2.79. The fourth-order valence-electron chi connectivity index (χ4n) is 4.50. The van der Waals surface area contributed by atoms with Gasteiger partial charge in [-0.1, -0.05) is 0 Å². The van der Waals surface area contributed by atoms with Gasteiger partial charge in [-0.3, -0.25) is 0 Å². The molecule has 0 aromatic carbocycles. The van der Waals surface area contributed by atoms with Crippen molar-refractivity contribution in [2.24, 2.45) is 23.2 Å². The van der Waals surface area contributed by atoms with E-state index in [2.05, 4.69) is 0 Å². The molecule has 0 heterocycles. The summed E-state index contributed by atoms with van der Waals surface area (Å²) in [5.74, 6) is 3.05. The average molecular weight is 178 g/mol. The summed E-state index contributed by atoms with van der Waals surface area (Å²) in [4.78, 5) is 10.7. The molecule has 0 spiro atoms. The van der Waals surface area contributed by atoms with Crippen LogP contribution in [-0.4, -0.2) is 6.29 Å². The third-order valence-corrected chi connectivity index (χ3v) is 4.92. The first kappa shape index (κ1) is 8.02. The molecule has 0 N–H and O–H groups in total. The van der Waals surface area contributed by atoms with Crippen molar-refractivity contribution in [1.29, 1.82) is 0 Å². The van der Waals surface area contributed by atoms with Gasteiger partial charge in [0.05, 0.1) is 0 Å². The van der Waals surface area contributed by atoms with Crippen molar-refractivity contribution in [2.45, 2.75) is 44.9 Å². The summed E-state index contributed by atoms with van der Waals surface area (Å²) >= 11 is 0. The molecular formula is C12H18O. The molecule has 0 saturated heterocycles. The largest absolute Gasteiger partial charge is 0.303 e. The summed E-state index contributed by atoms with van der Waals surface area (Å²) < 4.78 is 0. The number of hydrogen-bond acceptors (Lipinski definition) is 1.